The second kappa shape index (κ2) is 11.9. The van der Waals surface area contributed by atoms with Gasteiger partial charge in [0.1, 0.15) is 18.2 Å². The van der Waals surface area contributed by atoms with Crippen molar-refractivity contribution in [1.29, 1.82) is 5.26 Å². The highest BCUT2D eigenvalue weighted by Gasteiger charge is 2.15. The molecule has 36 heavy (non-hydrogen) atoms. The quantitative estimate of drug-likeness (QED) is 0.127. The van der Waals surface area contributed by atoms with Crippen molar-refractivity contribution in [2.45, 2.75) is 13.5 Å². The van der Waals surface area contributed by atoms with Crippen LogP contribution >= 0.6 is 34.2 Å². The molecule has 0 fully saturated rings. The van der Waals surface area contributed by atoms with Crippen LogP contribution in [0.3, 0.4) is 0 Å². The molecule has 0 saturated heterocycles. The first-order chi connectivity index (χ1) is 17.5. The van der Waals surface area contributed by atoms with E-state index in [1.54, 1.807) is 30.3 Å². The molecule has 4 aromatic rings. The minimum Gasteiger partial charge on any atom is -0.490 e. The third-order valence-corrected chi connectivity index (χ3v) is 6.32. The lowest BCUT2D eigenvalue weighted by atomic mass is 10.1. The topological polar surface area (TPSA) is 71.3 Å². The van der Waals surface area contributed by atoms with Gasteiger partial charge in [0.2, 0.25) is 0 Å². The number of benzene rings is 4. The molecule has 0 spiro atoms. The average Bonchev–Trinajstić information content (AvgIpc) is 2.87. The molecule has 5 nitrogen and oxygen atoms in total. The van der Waals surface area contributed by atoms with Gasteiger partial charge in [-0.05, 0) is 93.9 Å². The van der Waals surface area contributed by atoms with E-state index in [-0.39, 0.29) is 5.57 Å². The Kier molecular flexibility index (Phi) is 8.47. The van der Waals surface area contributed by atoms with Crippen molar-refractivity contribution in [3.05, 3.63) is 104 Å². The largest absolute Gasteiger partial charge is 0.490 e. The van der Waals surface area contributed by atoms with Crippen molar-refractivity contribution in [2.75, 3.05) is 11.9 Å². The monoisotopic (exact) mass is 608 g/mol. The zero-order valence-electron chi connectivity index (χ0n) is 19.4. The smallest absolute Gasteiger partial charge is 0.266 e. The molecule has 0 atom stereocenters. The van der Waals surface area contributed by atoms with Gasteiger partial charge in [0.05, 0.1) is 10.2 Å². The fraction of sp³-hybridized carbons (Fsp3) is 0.103. The first-order valence-electron chi connectivity index (χ1n) is 11.2. The Labute approximate surface area is 228 Å². The van der Waals surface area contributed by atoms with Gasteiger partial charge in [-0.3, -0.25) is 4.79 Å². The normalized spacial score (nSPS) is 11.1. The SMILES string of the molecule is CCOc1cc(/C=C(\C#N)C(=O)Nc2cccc(Cl)c2)cc(I)c1OCc1ccc2ccccc2c1. The van der Waals surface area contributed by atoms with Gasteiger partial charge in [0, 0.05) is 10.7 Å². The van der Waals surface area contributed by atoms with Gasteiger partial charge in [-0.1, -0.05) is 54.1 Å². The van der Waals surface area contributed by atoms with Gasteiger partial charge in [0.25, 0.3) is 5.91 Å². The second-order valence-electron chi connectivity index (χ2n) is 7.87. The Morgan fingerprint density at radius 2 is 1.83 bits per heavy atom. The van der Waals surface area contributed by atoms with Gasteiger partial charge in [-0.2, -0.15) is 5.26 Å². The summed E-state index contributed by atoms with van der Waals surface area (Å²) in [6, 6.07) is 26.8. The number of ether oxygens (including phenoxy) is 2. The van der Waals surface area contributed by atoms with Crippen molar-refractivity contribution >= 4 is 62.6 Å². The standard InChI is InChI=1S/C29H22ClIN2O3/c1-2-35-27-15-20(13-23(17-32)29(34)33-25-9-5-8-24(30)16-25)14-26(31)28(27)36-18-19-10-11-21-6-3-4-7-22(21)12-19/h3-16H,2,18H2,1H3,(H,33,34)/b23-13+. The van der Waals surface area contributed by atoms with Crippen LogP contribution in [0.1, 0.15) is 18.1 Å². The minimum atomic E-state index is -0.524. The molecule has 7 heteroatoms. The molecule has 1 N–H and O–H groups in total. The molecule has 0 aromatic heterocycles. The van der Waals surface area contributed by atoms with E-state index in [0.29, 0.717) is 41.0 Å². The number of carbonyl (C=O) groups is 1. The van der Waals surface area contributed by atoms with Gasteiger partial charge in [-0.25, -0.2) is 0 Å². The van der Waals surface area contributed by atoms with Gasteiger partial charge in [0.15, 0.2) is 11.5 Å². The number of anilines is 1. The average molecular weight is 609 g/mol. The summed E-state index contributed by atoms with van der Waals surface area (Å²) in [5.74, 6) is 0.637. The number of rotatable bonds is 8. The molecule has 0 aliphatic heterocycles. The van der Waals surface area contributed by atoms with E-state index in [0.717, 1.165) is 14.5 Å². The van der Waals surface area contributed by atoms with E-state index in [1.807, 2.05) is 37.3 Å². The Balaban J connectivity index is 1.56. The van der Waals surface area contributed by atoms with Crippen molar-refractivity contribution in [2.24, 2.45) is 0 Å². The molecule has 4 rings (SSSR count). The van der Waals surface area contributed by atoms with Gasteiger partial charge >= 0.3 is 0 Å². The number of nitriles is 1. The summed E-state index contributed by atoms with van der Waals surface area (Å²) in [4.78, 5) is 12.7. The molecular formula is C29H22ClIN2O3. The first kappa shape index (κ1) is 25.5. The third-order valence-electron chi connectivity index (χ3n) is 5.29. The molecule has 0 radical (unpaired) electrons. The lowest BCUT2D eigenvalue weighted by Gasteiger charge is -2.15. The summed E-state index contributed by atoms with van der Waals surface area (Å²) in [6.45, 7) is 2.71. The summed E-state index contributed by atoms with van der Waals surface area (Å²) in [5, 5.41) is 15.1. The number of halogens is 2. The highest BCUT2D eigenvalue weighted by molar-refractivity contribution is 14.1. The van der Waals surface area contributed by atoms with Crippen molar-refractivity contribution in [3.63, 3.8) is 0 Å². The molecule has 0 aliphatic carbocycles. The first-order valence-corrected chi connectivity index (χ1v) is 12.7. The number of fused-ring (bicyclic) bond motifs is 1. The summed E-state index contributed by atoms with van der Waals surface area (Å²) >= 11 is 8.16. The molecular weight excluding hydrogens is 587 g/mol. The highest BCUT2D eigenvalue weighted by atomic mass is 127. The van der Waals surface area contributed by atoms with E-state index in [2.05, 4.69) is 52.2 Å². The van der Waals surface area contributed by atoms with E-state index < -0.39 is 5.91 Å². The number of amides is 1. The van der Waals surface area contributed by atoms with E-state index in [4.69, 9.17) is 21.1 Å². The summed E-state index contributed by atoms with van der Waals surface area (Å²) in [7, 11) is 0. The number of carbonyl (C=O) groups excluding carboxylic acids is 1. The van der Waals surface area contributed by atoms with Crippen LogP contribution in [0.25, 0.3) is 16.8 Å². The summed E-state index contributed by atoms with van der Waals surface area (Å²) in [5.41, 5.74) is 2.16. The van der Waals surface area contributed by atoms with Crippen molar-refractivity contribution in [3.8, 4) is 17.6 Å². The lowest BCUT2D eigenvalue weighted by molar-refractivity contribution is -0.112. The van der Waals surface area contributed by atoms with Crippen LogP contribution in [-0.4, -0.2) is 12.5 Å². The maximum Gasteiger partial charge on any atom is 0.266 e. The van der Waals surface area contributed by atoms with E-state index in [1.165, 1.54) is 11.5 Å². The number of hydrogen-bond donors (Lipinski definition) is 1. The van der Waals surface area contributed by atoms with Crippen LogP contribution in [-0.2, 0) is 11.4 Å². The number of nitrogens with one attached hydrogen (secondary N) is 1. The number of hydrogen-bond acceptors (Lipinski definition) is 4. The predicted octanol–water partition coefficient (Wildman–Crippen LogP) is 7.62. The van der Waals surface area contributed by atoms with Crippen LogP contribution in [0.4, 0.5) is 5.69 Å². The van der Waals surface area contributed by atoms with Crippen LogP contribution in [0.2, 0.25) is 5.02 Å². The molecule has 0 heterocycles. The van der Waals surface area contributed by atoms with Crippen LogP contribution in [0, 0.1) is 14.9 Å². The van der Waals surface area contributed by atoms with E-state index in [9.17, 15) is 10.1 Å². The Morgan fingerprint density at radius 1 is 1.03 bits per heavy atom. The predicted molar refractivity (Wildman–Crippen MR) is 152 cm³/mol. The third kappa shape index (κ3) is 6.36. The van der Waals surface area contributed by atoms with Crippen molar-refractivity contribution in [1.82, 2.24) is 0 Å². The summed E-state index contributed by atoms with van der Waals surface area (Å²) in [6.07, 6.45) is 1.53. The number of nitrogens with zero attached hydrogens (tertiary/aromatic N) is 1. The Morgan fingerprint density at radius 3 is 2.58 bits per heavy atom. The molecule has 1 amide bonds. The molecule has 180 valence electrons. The van der Waals surface area contributed by atoms with Crippen LogP contribution < -0.4 is 14.8 Å². The zero-order chi connectivity index (χ0) is 25.5. The van der Waals surface area contributed by atoms with Crippen LogP contribution in [0.15, 0.2) is 84.4 Å². The molecule has 0 bridgehead atoms. The van der Waals surface area contributed by atoms with Gasteiger partial charge in [-0.15, -0.1) is 0 Å². The molecule has 0 aliphatic rings. The van der Waals surface area contributed by atoms with E-state index >= 15 is 0 Å². The molecule has 0 unspecified atom stereocenters. The maximum absolute atomic E-state index is 12.7. The zero-order valence-corrected chi connectivity index (χ0v) is 22.3. The minimum absolute atomic E-state index is 0.0435. The Hall–Kier alpha value is -3.54. The lowest BCUT2D eigenvalue weighted by Crippen LogP contribution is -2.13. The summed E-state index contributed by atoms with van der Waals surface area (Å²) < 4.78 is 12.8. The fourth-order valence-corrected chi connectivity index (χ4v) is 4.61. The highest BCUT2D eigenvalue weighted by Crippen LogP contribution is 2.36. The van der Waals surface area contributed by atoms with Gasteiger partial charge < -0.3 is 14.8 Å². The molecule has 4 aromatic carbocycles. The Bertz CT molecular complexity index is 1490. The van der Waals surface area contributed by atoms with Crippen molar-refractivity contribution < 1.29 is 14.3 Å². The molecule has 0 saturated carbocycles. The maximum atomic E-state index is 12.7. The fourth-order valence-electron chi connectivity index (χ4n) is 3.64. The van der Waals surface area contributed by atoms with Crippen LogP contribution in [0.5, 0.6) is 11.5 Å². The second-order valence-corrected chi connectivity index (χ2v) is 9.47.